The summed E-state index contributed by atoms with van der Waals surface area (Å²) in [6.45, 7) is 0. The number of benzene rings is 2. The van der Waals surface area contributed by atoms with Gasteiger partial charge in [-0.05, 0) is 30.3 Å². The predicted molar refractivity (Wildman–Crippen MR) is 68.2 cm³/mol. The van der Waals surface area contributed by atoms with Crippen LogP contribution in [0.3, 0.4) is 0 Å². The highest BCUT2D eigenvalue weighted by atomic mass is 35.5. The van der Waals surface area contributed by atoms with Crippen molar-refractivity contribution in [2.24, 2.45) is 5.73 Å². The highest BCUT2D eigenvalue weighted by Crippen LogP contribution is 2.32. The fourth-order valence-electron chi connectivity index (χ4n) is 1.45. The standard InChI is InChI=1S/C13H10ClNO3/c14-8-5-6-11(9(7-8)13(15)17)18-12-4-2-1-3-10(12)16/h1-7,16H,(H2,15,17). The molecular weight excluding hydrogens is 254 g/mol. The number of para-hydroxylation sites is 2. The van der Waals surface area contributed by atoms with E-state index < -0.39 is 5.91 Å². The topological polar surface area (TPSA) is 72.6 Å². The number of phenolic OH excluding ortho intramolecular Hbond substituents is 1. The molecule has 0 saturated heterocycles. The van der Waals surface area contributed by atoms with E-state index in [9.17, 15) is 9.90 Å². The summed E-state index contributed by atoms with van der Waals surface area (Å²) in [6, 6.07) is 10.9. The molecule has 0 saturated carbocycles. The van der Waals surface area contributed by atoms with Crippen LogP contribution in [0.25, 0.3) is 0 Å². The van der Waals surface area contributed by atoms with Gasteiger partial charge < -0.3 is 15.6 Å². The summed E-state index contributed by atoms with van der Waals surface area (Å²) < 4.78 is 5.45. The molecule has 2 rings (SSSR count). The number of aromatic hydroxyl groups is 1. The Labute approximate surface area is 109 Å². The lowest BCUT2D eigenvalue weighted by atomic mass is 10.2. The van der Waals surface area contributed by atoms with E-state index in [1.165, 1.54) is 18.2 Å². The second-order valence-electron chi connectivity index (χ2n) is 3.57. The molecule has 0 radical (unpaired) electrons. The zero-order valence-electron chi connectivity index (χ0n) is 9.26. The van der Waals surface area contributed by atoms with Gasteiger partial charge in [-0.3, -0.25) is 4.79 Å². The number of carbonyl (C=O) groups is 1. The number of ether oxygens (including phenoxy) is 1. The molecule has 3 N–H and O–H groups in total. The Morgan fingerprint density at radius 1 is 1.17 bits per heavy atom. The molecule has 4 nitrogen and oxygen atoms in total. The normalized spacial score (nSPS) is 10.1. The van der Waals surface area contributed by atoms with Crippen molar-refractivity contribution in [3.05, 3.63) is 53.1 Å². The van der Waals surface area contributed by atoms with Gasteiger partial charge in [-0.2, -0.15) is 0 Å². The van der Waals surface area contributed by atoms with E-state index >= 15 is 0 Å². The monoisotopic (exact) mass is 263 g/mol. The van der Waals surface area contributed by atoms with Gasteiger partial charge in [0, 0.05) is 5.02 Å². The van der Waals surface area contributed by atoms with Gasteiger partial charge in [-0.1, -0.05) is 23.7 Å². The third kappa shape index (κ3) is 2.55. The van der Waals surface area contributed by atoms with Gasteiger partial charge in [0.25, 0.3) is 5.91 Å². The van der Waals surface area contributed by atoms with Crippen molar-refractivity contribution in [2.75, 3.05) is 0 Å². The van der Waals surface area contributed by atoms with Crippen molar-refractivity contribution in [2.45, 2.75) is 0 Å². The average Bonchev–Trinajstić information content (AvgIpc) is 2.34. The second kappa shape index (κ2) is 4.98. The van der Waals surface area contributed by atoms with E-state index in [1.54, 1.807) is 24.3 Å². The van der Waals surface area contributed by atoms with Crippen molar-refractivity contribution in [3.8, 4) is 17.2 Å². The third-order valence-corrected chi connectivity index (χ3v) is 2.53. The van der Waals surface area contributed by atoms with Crippen LogP contribution in [0.4, 0.5) is 0 Å². The van der Waals surface area contributed by atoms with Crippen molar-refractivity contribution >= 4 is 17.5 Å². The number of primary amides is 1. The SMILES string of the molecule is NC(=O)c1cc(Cl)ccc1Oc1ccccc1O. The Morgan fingerprint density at radius 3 is 2.56 bits per heavy atom. The van der Waals surface area contributed by atoms with Gasteiger partial charge in [-0.25, -0.2) is 0 Å². The maximum atomic E-state index is 11.3. The lowest BCUT2D eigenvalue weighted by molar-refractivity contribution is 0.0998. The molecule has 0 aromatic heterocycles. The number of halogens is 1. The Kier molecular flexibility index (Phi) is 3.39. The molecule has 0 atom stereocenters. The Morgan fingerprint density at radius 2 is 1.89 bits per heavy atom. The van der Waals surface area contributed by atoms with E-state index in [0.29, 0.717) is 5.02 Å². The Balaban J connectivity index is 2.41. The molecule has 2 aromatic rings. The van der Waals surface area contributed by atoms with Crippen LogP contribution in [0.5, 0.6) is 17.2 Å². The molecule has 0 unspecified atom stereocenters. The van der Waals surface area contributed by atoms with Gasteiger partial charge in [0.15, 0.2) is 11.5 Å². The maximum absolute atomic E-state index is 11.3. The smallest absolute Gasteiger partial charge is 0.252 e. The molecule has 92 valence electrons. The van der Waals surface area contributed by atoms with Gasteiger partial charge in [-0.15, -0.1) is 0 Å². The summed E-state index contributed by atoms with van der Waals surface area (Å²) in [6.07, 6.45) is 0. The van der Waals surface area contributed by atoms with Crippen LogP contribution in [-0.4, -0.2) is 11.0 Å². The molecule has 2 aromatic carbocycles. The molecule has 18 heavy (non-hydrogen) atoms. The number of hydrogen-bond acceptors (Lipinski definition) is 3. The van der Waals surface area contributed by atoms with Crippen LogP contribution in [0.1, 0.15) is 10.4 Å². The van der Waals surface area contributed by atoms with E-state index in [0.717, 1.165) is 0 Å². The van der Waals surface area contributed by atoms with E-state index in [2.05, 4.69) is 0 Å². The fraction of sp³-hybridized carbons (Fsp3) is 0. The molecule has 0 aliphatic carbocycles. The Hall–Kier alpha value is -2.20. The quantitative estimate of drug-likeness (QED) is 0.894. The minimum Gasteiger partial charge on any atom is -0.504 e. The number of hydrogen-bond donors (Lipinski definition) is 2. The first-order chi connectivity index (χ1) is 8.58. The van der Waals surface area contributed by atoms with Crippen LogP contribution in [0.15, 0.2) is 42.5 Å². The molecule has 0 fully saturated rings. The van der Waals surface area contributed by atoms with E-state index in [4.69, 9.17) is 22.1 Å². The minimum atomic E-state index is -0.650. The molecule has 0 aliphatic rings. The minimum absolute atomic E-state index is 0.0251. The van der Waals surface area contributed by atoms with Crippen LogP contribution in [-0.2, 0) is 0 Å². The number of rotatable bonds is 3. The summed E-state index contributed by atoms with van der Waals surface area (Å²) >= 11 is 5.78. The highest BCUT2D eigenvalue weighted by Gasteiger charge is 2.12. The van der Waals surface area contributed by atoms with Crippen LogP contribution in [0, 0.1) is 0 Å². The molecule has 0 bridgehead atoms. The van der Waals surface area contributed by atoms with Gasteiger partial charge in [0.2, 0.25) is 0 Å². The van der Waals surface area contributed by atoms with Crippen LogP contribution in [0.2, 0.25) is 5.02 Å². The summed E-state index contributed by atoms with van der Waals surface area (Å²) in [5.41, 5.74) is 5.39. The number of nitrogens with two attached hydrogens (primary N) is 1. The van der Waals surface area contributed by atoms with Crippen LogP contribution < -0.4 is 10.5 Å². The molecule has 1 amide bonds. The number of amides is 1. The first-order valence-corrected chi connectivity index (χ1v) is 5.51. The average molecular weight is 264 g/mol. The zero-order chi connectivity index (χ0) is 13.1. The lowest BCUT2D eigenvalue weighted by Crippen LogP contribution is -2.12. The van der Waals surface area contributed by atoms with E-state index in [-0.39, 0.29) is 22.8 Å². The van der Waals surface area contributed by atoms with E-state index in [1.807, 2.05) is 0 Å². The number of phenols is 1. The second-order valence-corrected chi connectivity index (χ2v) is 4.01. The van der Waals surface area contributed by atoms with Gasteiger partial charge >= 0.3 is 0 Å². The van der Waals surface area contributed by atoms with Crippen molar-refractivity contribution < 1.29 is 14.6 Å². The predicted octanol–water partition coefficient (Wildman–Crippen LogP) is 2.94. The third-order valence-electron chi connectivity index (χ3n) is 2.29. The molecule has 0 spiro atoms. The summed E-state index contributed by atoms with van der Waals surface area (Å²) in [4.78, 5) is 11.3. The van der Waals surface area contributed by atoms with Crippen molar-refractivity contribution in [1.29, 1.82) is 0 Å². The lowest BCUT2D eigenvalue weighted by Gasteiger charge is -2.10. The molecular formula is C13H10ClNO3. The molecule has 0 heterocycles. The van der Waals surface area contributed by atoms with Gasteiger partial charge in [0.05, 0.1) is 5.56 Å². The molecule has 5 heteroatoms. The summed E-state index contributed by atoms with van der Waals surface area (Å²) in [7, 11) is 0. The van der Waals surface area contributed by atoms with Crippen molar-refractivity contribution in [1.82, 2.24) is 0 Å². The Bertz CT molecular complexity index is 599. The first-order valence-electron chi connectivity index (χ1n) is 5.13. The highest BCUT2D eigenvalue weighted by molar-refractivity contribution is 6.31. The van der Waals surface area contributed by atoms with Crippen LogP contribution >= 0.6 is 11.6 Å². The zero-order valence-corrected chi connectivity index (χ0v) is 10.0. The largest absolute Gasteiger partial charge is 0.504 e. The van der Waals surface area contributed by atoms with Gasteiger partial charge in [0.1, 0.15) is 5.75 Å². The first kappa shape index (κ1) is 12.3. The fourth-order valence-corrected chi connectivity index (χ4v) is 1.62. The summed E-state index contributed by atoms with van der Waals surface area (Å²) in [5.74, 6) is -0.193. The molecule has 0 aliphatic heterocycles. The maximum Gasteiger partial charge on any atom is 0.252 e. The number of carbonyl (C=O) groups excluding carboxylic acids is 1. The van der Waals surface area contributed by atoms with Crippen molar-refractivity contribution in [3.63, 3.8) is 0 Å². The summed E-state index contributed by atoms with van der Waals surface area (Å²) in [5, 5.41) is 9.97.